The number of methoxy groups -OCH3 is 1. The SMILES string of the molecule is COc1ccc([C@H](C)NCC(O)CN2CCCC2)cc1. The van der Waals surface area contributed by atoms with E-state index in [1.165, 1.54) is 18.4 Å². The van der Waals surface area contributed by atoms with Crippen LogP contribution in [0, 0.1) is 0 Å². The normalized spacial score (nSPS) is 18.9. The van der Waals surface area contributed by atoms with Crippen LogP contribution in [0.15, 0.2) is 24.3 Å². The first-order chi connectivity index (χ1) is 9.69. The molecule has 1 aliphatic rings. The van der Waals surface area contributed by atoms with E-state index in [4.69, 9.17) is 4.74 Å². The van der Waals surface area contributed by atoms with Gasteiger partial charge in [0.1, 0.15) is 5.75 Å². The van der Waals surface area contributed by atoms with Crippen molar-refractivity contribution in [2.45, 2.75) is 31.9 Å². The smallest absolute Gasteiger partial charge is 0.118 e. The number of β-amino-alcohol motifs (C(OH)–C–C–N with tert-alkyl or cyclic N) is 1. The third-order valence-corrected chi connectivity index (χ3v) is 3.94. The van der Waals surface area contributed by atoms with Crippen molar-refractivity contribution in [1.29, 1.82) is 0 Å². The number of rotatable bonds is 7. The summed E-state index contributed by atoms with van der Waals surface area (Å²) in [5.74, 6) is 0.870. The summed E-state index contributed by atoms with van der Waals surface area (Å²) in [7, 11) is 1.67. The van der Waals surface area contributed by atoms with Crippen molar-refractivity contribution >= 4 is 0 Å². The lowest BCUT2D eigenvalue weighted by molar-refractivity contribution is 0.121. The van der Waals surface area contributed by atoms with Gasteiger partial charge in [0, 0.05) is 19.1 Å². The monoisotopic (exact) mass is 278 g/mol. The van der Waals surface area contributed by atoms with E-state index >= 15 is 0 Å². The van der Waals surface area contributed by atoms with Crippen LogP contribution < -0.4 is 10.1 Å². The molecular formula is C16H26N2O2. The summed E-state index contributed by atoms with van der Waals surface area (Å²) >= 11 is 0. The maximum atomic E-state index is 10.1. The molecule has 112 valence electrons. The molecular weight excluding hydrogens is 252 g/mol. The van der Waals surface area contributed by atoms with Gasteiger partial charge in [-0.1, -0.05) is 12.1 Å². The Labute approximate surface area is 121 Å². The zero-order chi connectivity index (χ0) is 14.4. The first kappa shape index (κ1) is 15.3. The van der Waals surface area contributed by atoms with Crippen LogP contribution in [0.1, 0.15) is 31.4 Å². The highest BCUT2D eigenvalue weighted by molar-refractivity contribution is 5.28. The topological polar surface area (TPSA) is 44.7 Å². The van der Waals surface area contributed by atoms with Crippen LogP contribution in [-0.4, -0.2) is 49.4 Å². The Morgan fingerprint density at radius 2 is 1.90 bits per heavy atom. The van der Waals surface area contributed by atoms with Gasteiger partial charge in [0.25, 0.3) is 0 Å². The van der Waals surface area contributed by atoms with Crippen LogP contribution in [-0.2, 0) is 0 Å². The summed E-state index contributed by atoms with van der Waals surface area (Å²) in [6.07, 6.45) is 2.24. The second-order valence-corrected chi connectivity index (χ2v) is 5.56. The van der Waals surface area contributed by atoms with Gasteiger partial charge in [-0.3, -0.25) is 0 Å². The van der Waals surface area contributed by atoms with Crippen molar-refractivity contribution in [2.75, 3.05) is 33.3 Å². The molecule has 4 nitrogen and oxygen atoms in total. The maximum Gasteiger partial charge on any atom is 0.118 e. The summed E-state index contributed by atoms with van der Waals surface area (Å²) < 4.78 is 5.16. The fourth-order valence-electron chi connectivity index (χ4n) is 2.65. The predicted octanol–water partition coefficient (Wildman–Crippen LogP) is 1.80. The van der Waals surface area contributed by atoms with Crippen molar-refractivity contribution < 1.29 is 9.84 Å². The molecule has 2 N–H and O–H groups in total. The largest absolute Gasteiger partial charge is 0.497 e. The molecule has 0 aromatic heterocycles. The fourth-order valence-corrected chi connectivity index (χ4v) is 2.65. The molecule has 0 saturated carbocycles. The van der Waals surface area contributed by atoms with Gasteiger partial charge in [-0.05, 0) is 50.6 Å². The van der Waals surface area contributed by atoms with Crippen LogP contribution in [0.25, 0.3) is 0 Å². The van der Waals surface area contributed by atoms with Gasteiger partial charge in [0.05, 0.1) is 13.2 Å². The molecule has 0 amide bonds. The Balaban J connectivity index is 1.74. The van der Waals surface area contributed by atoms with Gasteiger partial charge < -0.3 is 20.1 Å². The highest BCUT2D eigenvalue weighted by Crippen LogP contribution is 2.17. The standard InChI is InChI=1S/C16H26N2O2/c1-13(14-5-7-16(20-2)8-6-14)17-11-15(19)12-18-9-3-4-10-18/h5-8,13,15,17,19H,3-4,9-12H2,1-2H3/t13-,15?/m0/s1. The van der Waals surface area contributed by atoms with E-state index in [1.807, 2.05) is 12.1 Å². The van der Waals surface area contributed by atoms with Crippen LogP contribution in [0.2, 0.25) is 0 Å². The predicted molar refractivity (Wildman–Crippen MR) is 81.1 cm³/mol. The Morgan fingerprint density at radius 3 is 2.50 bits per heavy atom. The van der Waals surface area contributed by atoms with Gasteiger partial charge in [-0.2, -0.15) is 0 Å². The fraction of sp³-hybridized carbons (Fsp3) is 0.625. The lowest BCUT2D eigenvalue weighted by Crippen LogP contribution is -2.37. The van der Waals surface area contributed by atoms with Crippen molar-refractivity contribution in [2.24, 2.45) is 0 Å². The third kappa shape index (κ3) is 4.47. The number of likely N-dealkylation sites (tertiary alicyclic amines) is 1. The first-order valence-electron chi connectivity index (χ1n) is 7.47. The molecule has 0 radical (unpaired) electrons. The lowest BCUT2D eigenvalue weighted by Gasteiger charge is -2.22. The summed E-state index contributed by atoms with van der Waals surface area (Å²) in [4.78, 5) is 2.34. The minimum Gasteiger partial charge on any atom is -0.497 e. The average Bonchev–Trinajstić information content (AvgIpc) is 2.97. The van der Waals surface area contributed by atoms with E-state index in [0.717, 1.165) is 25.4 Å². The van der Waals surface area contributed by atoms with E-state index in [1.54, 1.807) is 7.11 Å². The number of ether oxygens (including phenoxy) is 1. The Bertz CT molecular complexity index is 388. The number of nitrogens with one attached hydrogen (secondary N) is 1. The van der Waals surface area contributed by atoms with Crippen LogP contribution in [0.3, 0.4) is 0 Å². The summed E-state index contributed by atoms with van der Waals surface area (Å²) in [5, 5.41) is 13.5. The summed E-state index contributed by atoms with van der Waals surface area (Å²) in [6, 6.07) is 8.28. The second-order valence-electron chi connectivity index (χ2n) is 5.56. The Morgan fingerprint density at radius 1 is 1.25 bits per heavy atom. The van der Waals surface area contributed by atoms with Gasteiger partial charge in [0.2, 0.25) is 0 Å². The van der Waals surface area contributed by atoms with E-state index in [-0.39, 0.29) is 12.1 Å². The number of aliphatic hydroxyl groups is 1. The number of nitrogens with zero attached hydrogens (tertiary/aromatic N) is 1. The molecule has 0 spiro atoms. The zero-order valence-corrected chi connectivity index (χ0v) is 12.5. The highest BCUT2D eigenvalue weighted by Gasteiger charge is 2.16. The summed E-state index contributed by atoms with van der Waals surface area (Å²) in [5.41, 5.74) is 1.21. The molecule has 1 aromatic rings. The molecule has 0 aliphatic carbocycles. The molecule has 1 saturated heterocycles. The number of hydrogen-bond acceptors (Lipinski definition) is 4. The van der Waals surface area contributed by atoms with Crippen LogP contribution in [0.5, 0.6) is 5.75 Å². The van der Waals surface area contributed by atoms with Crippen molar-refractivity contribution in [1.82, 2.24) is 10.2 Å². The summed E-state index contributed by atoms with van der Waals surface area (Å²) in [6.45, 7) is 5.78. The Kier molecular flexibility index (Phi) is 5.83. The number of aliphatic hydroxyl groups excluding tert-OH is 1. The lowest BCUT2D eigenvalue weighted by atomic mass is 10.1. The molecule has 1 aliphatic heterocycles. The van der Waals surface area contributed by atoms with Gasteiger partial charge >= 0.3 is 0 Å². The van der Waals surface area contributed by atoms with Crippen LogP contribution >= 0.6 is 0 Å². The molecule has 0 bridgehead atoms. The van der Waals surface area contributed by atoms with E-state index in [2.05, 4.69) is 29.3 Å². The van der Waals surface area contributed by atoms with Crippen molar-refractivity contribution in [3.8, 4) is 5.75 Å². The first-order valence-corrected chi connectivity index (χ1v) is 7.47. The number of hydrogen-bond donors (Lipinski definition) is 2. The van der Waals surface area contributed by atoms with E-state index in [0.29, 0.717) is 6.54 Å². The quantitative estimate of drug-likeness (QED) is 0.798. The maximum absolute atomic E-state index is 10.1. The molecule has 2 rings (SSSR count). The highest BCUT2D eigenvalue weighted by atomic mass is 16.5. The molecule has 1 aromatic carbocycles. The second kappa shape index (κ2) is 7.62. The minimum atomic E-state index is -0.297. The molecule has 20 heavy (non-hydrogen) atoms. The zero-order valence-electron chi connectivity index (χ0n) is 12.5. The van der Waals surface area contributed by atoms with Crippen LogP contribution in [0.4, 0.5) is 0 Å². The molecule has 1 heterocycles. The average molecular weight is 278 g/mol. The molecule has 1 unspecified atom stereocenters. The van der Waals surface area contributed by atoms with Gasteiger partial charge in [0.15, 0.2) is 0 Å². The van der Waals surface area contributed by atoms with Crippen molar-refractivity contribution in [3.05, 3.63) is 29.8 Å². The minimum absolute atomic E-state index is 0.231. The van der Waals surface area contributed by atoms with Crippen molar-refractivity contribution in [3.63, 3.8) is 0 Å². The van der Waals surface area contributed by atoms with Gasteiger partial charge in [-0.25, -0.2) is 0 Å². The van der Waals surface area contributed by atoms with E-state index < -0.39 is 0 Å². The van der Waals surface area contributed by atoms with E-state index in [9.17, 15) is 5.11 Å². The molecule has 1 fully saturated rings. The third-order valence-electron chi connectivity index (χ3n) is 3.94. The molecule has 2 atom stereocenters. The Hall–Kier alpha value is -1.10. The van der Waals surface area contributed by atoms with Gasteiger partial charge in [-0.15, -0.1) is 0 Å². The number of benzene rings is 1. The molecule has 4 heteroatoms.